The molecule has 6 nitrogen and oxygen atoms in total. The van der Waals surface area contributed by atoms with E-state index in [1.54, 1.807) is 35.3 Å². The van der Waals surface area contributed by atoms with Crippen LogP contribution >= 0.6 is 0 Å². The maximum atomic E-state index is 12.5. The van der Waals surface area contributed by atoms with Gasteiger partial charge in [0, 0.05) is 43.4 Å². The summed E-state index contributed by atoms with van der Waals surface area (Å²) >= 11 is 0. The molecular formula is C22H24N4O2. The van der Waals surface area contributed by atoms with Crippen molar-refractivity contribution in [2.75, 3.05) is 18.0 Å². The van der Waals surface area contributed by atoms with E-state index in [1.165, 1.54) is 11.8 Å². The summed E-state index contributed by atoms with van der Waals surface area (Å²) in [5, 5.41) is 0. The highest BCUT2D eigenvalue weighted by molar-refractivity contribution is 5.51. The smallest absolute Gasteiger partial charge is 0.254 e. The minimum Gasteiger partial charge on any atom is -0.485 e. The third-order valence-corrected chi connectivity index (χ3v) is 4.82. The molecule has 0 bridgehead atoms. The molecule has 0 atom stereocenters. The van der Waals surface area contributed by atoms with Crippen LogP contribution in [0.25, 0.3) is 0 Å². The Morgan fingerprint density at radius 2 is 1.86 bits per heavy atom. The molecule has 1 aromatic carbocycles. The number of ether oxygens (including phenoxy) is 1. The molecule has 4 rings (SSSR count). The Morgan fingerprint density at radius 3 is 2.57 bits per heavy atom. The number of pyridine rings is 1. The highest BCUT2D eigenvalue weighted by atomic mass is 16.5. The van der Waals surface area contributed by atoms with E-state index in [1.807, 2.05) is 0 Å². The Kier molecular flexibility index (Phi) is 4.86. The van der Waals surface area contributed by atoms with E-state index in [0.717, 1.165) is 18.7 Å². The number of benzene rings is 1. The molecule has 0 unspecified atom stereocenters. The lowest BCUT2D eigenvalue weighted by Gasteiger charge is -2.47. The SMILES string of the molecule is CC1(C)CN(c2cccc(Cn3ccc(OCc4ncccn4)cc3=O)c2)C1. The number of hydrogen-bond acceptors (Lipinski definition) is 5. The first-order valence-electron chi connectivity index (χ1n) is 9.42. The fraction of sp³-hybridized carbons (Fsp3) is 0.318. The molecule has 0 aliphatic carbocycles. The van der Waals surface area contributed by atoms with E-state index in [2.05, 4.69) is 53.0 Å². The van der Waals surface area contributed by atoms with E-state index in [4.69, 9.17) is 4.74 Å². The average Bonchev–Trinajstić information content (AvgIpc) is 2.67. The van der Waals surface area contributed by atoms with Crippen molar-refractivity contribution in [3.8, 4) is 5.75 Å². The van der Waals surface area contributed by atoms with Gasteiger partial charge < -0.3 is 14.2 Å². The van der Waals surface area contributed by atoms with Crippen LogP contribution < -0.4 is 15.2 Å². The van der Waals surface area contributed by atoms with Crippen molar-refractivity contribution >= 4 is 5.69 Å². The lowest BCUT2D eigenvalue weighted by Crippen LogP contribution is -2.53. The van der Waals surface area contributed by atoms with Crippen LogP contribution in [0.15, 0.2) is 65.8 Å². The molecule has 0 radical (unpaired) electrons. The fourth-order valence-corrected chi connectivity index (χ4v) is 3.48. The average molecular weight is 376 g/mol. The number of rotatable bonds is 6. The summed E-state index contributed by atoms with van der Waals surface area (Å²) in [7, 11) is 0. The van der Waals surface area contributed by atoms with Gasteiger partial charge in [-0.15, -0.1) is 0 Å². The van der Waals surface area contributed by atoms with Gasteiger partial charge in [-0.2, -0.15) is 0 Å². The van der Waals surface area contributed by atoms with Gasteiger partial charge in [-0.1, -0.05) is 26.0 Å². The number of hydrogen-bond donors (Lipinski definition) is 0. The standard InChI is InChI=1S/C22H24N4O2/c1-22(2)15-26(16-22)18-6-3-5-17(11-18)13-25-10-7-19(12-21(25)27)28-14-20-23-8-4-9-24-20/h3-12H,13-16H2,1-2H3. The topological polar surface area (TPSA) is 60.2 Å². The maximum absolute atomic E-state index is 12.5. The summed E-state index contributed by atoms with van der Waals surface area (Å²) in [6.45, 7) is 7.45. The van der Waals surface area contributed by atoms with Crippen molar-refractivity contribution in [1.82, 2.24) is 14.5 Å². The highest BCUT2D eigenvalue weighted by Gasteiger charge is 2.34. The van der Waals surface area contributed by atoms with Crippen LogP contribution in [-0.4, -0.2) is 27.6 Å². The van der Waals surface area contributed by atoms with Crippen LogP contribution in [0.3, 0.4) is 0 Å². The summed E-state index contributed by atoms with van der Waals surface area (Å²) in [4.78, 5) is 23.1. The zero-order chi connectivity index (χ0) is 19.6. The number of aromatic nitrogens is 3. The molecule has 0 amide bonds. The van der Waals surface area contributed by atoms with Crippen LogP contribution in [0.1, 0.15) is 25.2 Å². The predicted octanol–water partition coefficient (Wildman–Crippen LogP) is 3.11. The van der Waals surface area contributed by atoms with Gasteiger partial charge in [0.25, 0.3) is 5.56 Å². The Labute approximate surface area is 164 Å². The van der Waals surface area contributed by atoms with Gasteiger partial charge in [0.1, 0.15) is 12.4 Å². The van der Waals surface area contributed by atoms with Crippen molar-refractivity contribution < 1.29 is 4.74 Å². The maximum Gasteiger partial charge on any atom is 0.254 e. The predicted molar refractivity (Wildman–Crippen MR) is 109 cm³/mol. The van der Waals surface area contributed by atoms with E-state index >= 15 is 0 Å². The van der Waals surface area contributed by atoms with Crippen molar-refractivity contribution in [3.63, 3.8) is 0 Å². The Morgan fingerprint density at radius 1 is 1.07 bits per heavy atom. The molecule has 3 heterocycles. The van der Waals surface area contributed by atoms with Crippen LogP contribution in [0.2, 0.25) is 0 Å². The van der Waals surface area contributed by atoms with Gasteiger partial charge in [-0.05, 0) is 35.2 Å². The van der Waals surface area contributed by atoms with Crippen molar-refractivity contribution in [2.24, 2.45) is 5.41 Å². The minimum absolute atomic E-state index is 0.0954. The van der Waals surface area contributed by atoms with Crippen LogP contribution in [0, 0.1) is 5.41 Å². The zero-order valence-corrected chi connectivity index (χ0v) is 16.2. The largest absolute Gasteiger partial charge is 0.485 e. The molecule has 0 saturated carbocycles. The molecule has 1 saturated heterocycles. The number of anilines is 1. The molecule has 1 aliphatic heterocycles. The lowest BCUT2D eigenvalue weighted by atomic mass is 9.84. The molecule has 28 heavy (non-hydrogen) atoms. The second kappa shape index (κ2) is 7.46. The van der Waals surface area contributed by atoms with E-state index < -0.39 is 0 Å². The van der Waals surface area contributed by atoms with Gasteiger partial charge >= 0.3 is 0 Å². The quantitative estimate of drug-likeness (QED) is 0.662. The molecule has 3 aromatic rings. The van der Waals surface area contributed by atoms with Crippen LogP contribution in [-0.2, 0) is 13.2 Å². The third-order valence-electron chi connectivity index (χ3n) is 4.82. The summed E-state index contributed by atoms with van der Waals surface area (Å²) in [5.74, 6) is 1.10. The second-order valence-corrected chi connectivity index (χ2v) is 7.97. The normalized spacial score (nSPS) is 15.1. The van der Waals surface area contributed by atoms with Gasteiger partial charge in [0.15, 0.2) is 5.82 Å². The first-order chi connectivity index (χ1) is 13.5. The zero-order valence-electron chi connectivity index (χ0n) is 16.2. The van der Waals surface area contributed by atoms with Crippen LogP contribution in [0.4, 0.5) is 5.69 Å². The molecular weight excluding hydrogens is 352 g/mol. The Hall–Kier alpha value is -3.15. The Bertz CT molecular complexity index is 1010. The highest BCUT2D eigenvalue weighted by Crippen LogP contribution is 2.33. The van der Waals surface area contributed by atoms with Gasteiger partial charge in [-0.3, -0.25) is 4.79 Å². The molecule has 144 valence electrons. The van der Waals surface area contributed by atoms with E-state index in [-0.39, 0.29) is 12.2 Å². The second-order valence-electron chi connectivity index (χ2n) is 7.97. The summed E-state index contributed by atoms with van der Waals surface area (Å²) in [5.41, 5.74) is 2.61. The Balaban J connectivity index is 1.42. The first kappa shape index (κ1) is 18.2. The minimum atomic E-state index is -0.0954. The molecule has 6 heteroatoms. The fourth-order valence-electron chi connectivity index (χ4n) is 3.48. The summed E-state index contributed by atoms with van der Waals surface area (Å²) in [6.07, 6.45) is 5.10. The van der Waals surface area contributed by atoms with E-state index in [0.29, 0.717) is 23.5 Å². The molecule has 0 spiro atoms. The van der Waals surface area contributed by atoms with Crippen molar-refractivity contribution in [3.05, 3.63) is 82.8 Å². The van der Waals surface area contributed by atoms with Gasteiger partial charge in [-0.25, -0.2) is 9.97 Å². The third kappa shape index (κ3) is 4.22. The van der Waals surface area contributed by atoms with Crippen molar-refractivity contribution in [1.29, 1.82) is 0 Å². The first-order valence-corrected chi connectivity index (χ1v) is 9.42. The molecule has 1 aliphatic rings. The molecule has 2 aromatic heterocycles. The monoisotopic (exact) mass is 376 g/mol. The number of nitrogens with zero attached hydrogens (tertiary/aromatic N) is 4. The van der Waals surface area contributed by atoms with Gasteiger partial charge in [0.05, 0.1) is 6.54 Å². The lowest BCUT2D eigenvalue weighted by molar-refractivity contribution is 0.276. The molecule has 0 N–H and O–H groups in total. The summed E-state index contributed by atoms with van der Waals surface area (Å²) in [6, 6.07) is 13.5. The van der Waals surface area contributed by atoms with Crippen LogP contribution in [0.5, 0.6) is 5.75 Å². The summed E-state index contributed by atoms with van der Waals surface area (Å²) < 4.78 is 7.31. The van der Waals surface area contributed by atoms with Gasteiger partial charge in [0.2, 0.25) is 0 Å². The van der Waals surface area contributed by atoms with E-state index in [9.17, 15) is 4.79 Å². The molecule has 1 fully saturated rings. The van der Waals surface area contributed by atoms with Crippen molar-refractivity contribution in [2.45, 2.75) is 27.0 Å².